The van der Waals surface area contributed by atoms with Gasteiger partial charge < -0.3 is 15.2 Å². The highest BCUT2D eigenvalue weighted by atomic mass is 16.5. The number of ether oxygens (including phenoxy) is 1. The van der Waals surface area contributed by atoms with Crippen LogP contribution in [-0.2, 0) is 20.8 Å². The highest BCUT2D eigenvalue weighted by Gasteiger charge is 2.35. The molecule has 0 aromatic heterocycles. The summed E-state index contributed by atoms with van der Waals surface area (Å²) in [6.07, 6.45) is 1.94. The van der Waals surface area contributed by atoms with Gasteiger partial charge in [0.2, 0.25) is 11.8 Å². The lowest BCUT2D eigenvalue weighted by Crippen LogP contribution is -2.48. The number of benzene rings is 1. The van der Waals surface area contributed by atoms with Gasteiger partial charge in [0.25, 0.3) is 0 Å². The Balaban J connectivity index is 2.32. The van der Waals surface area contributed by atoms with E-state index in [1.54, 1.807) is 5.48 Å². The van der Waals surface area contributed by atoms with Gasteiger partial charge in [-0.05, 0) is 55.7 Å². The third-order valence-electron chi connectivity index (χ3n) is 5.18. The number of fused-ring (bicyclic) bond motifs is 12. The van der Waals surface area contributed by atoms with Crippen molar-refractivity contribution < 1.29 is 29.4 Å². The lowest BCUT2D eigenvalue weighted by Gasteiger charge is -2.27. The van der Waals surface area contributed by atoms with Gasteiger partial charge in [-0.15, -0.1) is 0 Å². The maximum Gasteiger partial charge on any atom is 0.326 e. The van der Waals surface area contributed by atoms with E-state index in [4.69, 9.17) is 4.74 Å². The zero-order valence-electron chi connectivity index (χ0n) is 16.9. The Labute approximate surface area is 170 Å². The summed E-state index contributed by atoms with van der Waals surface area (Å²) in [5.41, 5.74) is 2.60. The molecule has 0 saturated carbocycles. The summed E-state index contributed by atoms with van der Waals surface area (Å²) in [5, 5.41) is 21.3. The van der Waals surface area contributed by atoms with Crippen LogP contribution in [0.25, 0.3) is 0 Å². The van der Waals surface area contributed by atoms with Crippen molar-refractivity contribution in [1.82, 2.24) is 10.8 Å². The average Bonchev–Trinajstić information content (AvgIpc) is 2.69. The first-order chi connectivity index (χ1) is 13.8. The molecular formula is C21H30N2O6. The molecule has 29 heavy (non-hydrogen) atoms. The third kappa shape index (κ3) is 6.74. The van der Waals surface area contributed by atoms with E-state index in [0.717, 1.165) is 5.56 Å². The molecule has 2 amide bonds. The van der Waals surface area contributed by atoms with E-state index < -0.39 is 35.7 Å². The molecule has 2 bridgehead atoms. The highest BCUT2D eigenvalue weighted by molar-refractivity contribution is 5.89. The van der Waals surface area contributed by atoms with Crippen LogP contribution < -0.4 is 15.5 Å². The molecule has 0 spiro atoms. The summed E-state index contributed by atoms with van der Waals surface area (Å²) in [7, 11) is 0. The monoisotopic (exact) mass is 406 g/mol. The fourth-order valence-electron chi connectivity index (χ4n) is 3.65. The number of rotatable bonds is 4. The van der Waals surface area contributed by atoms with Gasteiger partial charge in [-0.3, -0.25) is 14.8 Å². The van der Waals surface area contributed by atoms with Crippen LogP contribution in [-0.4, -0.2) is 40.7 Å². The number of aliphatic carboxylic acids is 1. The molecule has 0 saturated heterocycles. The van der Waals surface area contributed by atoms with Crippen LogP contribution in [0.2, 0.25) is 0 Å². The smallest absolute Gasteiger partial charge is 0.326 e. The normalized spacial score (nSPS) is 23.4. The molecule has 160 valence electrons. The first kappa shape index (κ1) is 22.7. The van der Waals surface area contributed by atoms with E-state index in [1.165, 1.54) is 0 Å². The molecule has 1 aromatic rings. The predicted molar refractivity (Wildman–Crippen MR) is 105 cm³/mol. The maximum absolute atomic E-state index is 13.0. The summed E-state index contributed by atoms with van der Waals surface area (Å²) in [5.74, 6) is -2.98. The number of aryl methyl sites for hydroxylation is 1. The van der Waals surface area contributed by atoms with Gasteiger partial charge >= 0.3 is 5.97 Å². The summed E-state index contributed by atoms with van der Waals surface area (Å²) >= 11 is 0. The molecule has 8 heteroatoms. The number of carboxylic acids is 1. The lowest BCUT2D eigenvalue weighted by molar-refractivity contribution is -0.145. The van der Waals surface area contributed by atoms with Crippen LogP contribution in [0.4, 0.5) is 0 Å². The molecule has 0 aliphatic carbocycles. The van der Waals surface area contributed by atoms with Gasteiger partial charge in [0.1, 0.15) is 11.8 Å². The summed E-state index contributed by atoms with van der Waals surface area (Å²) in [4.78, 5) is 37.0. The van der Waals surface area contributed by atoms with Crippen molar-refractivity contribution in [3.63, 3.8) is 0 Å². The van der Waals surface area contributed by atoms with Gasteiger partial charge in [0.15, 0.2) is 0 Å². The second-order valence-corrected chi connectivity index (χ2v) is 7.89. The molecule has 4 N–H and O–H groups in total. The van der Waals surface area contributed by atoms with E-state index in [0.29, 0.717) is 38.0 Å². The van der Waals surface area contributed by atoms with Crippen LogP contribution in [0.3, 0.4) is 0 Å². The molecule has 0 unspecified atom stereocenters. The quantitative estimate of drug-likeness (QED) is 0.448. The van der Waals surface area contributed by atoms with Crippen molar-refractivity contribution in [2.24, 2.45) is 17.8 Å². The molecule has 0 fully saturated rings. The van der Waals surface area contributed by atoms with Crippen molar-refractivity contribution in [1.29, 1.82) is 0 Å². The van der Waals surface area contributed by atoms with E-state index in [2.05, 4.69) is 5.32 Å². The van der Waals surface area contributed by atoms with Gasteiger partial charge in [0.05, 0.1) is 12.5 Å². The number of hydrogen-bond donors (Lipinski definition) is 4. The number of nitrogens with one attached hydrogen (secondary N) is 2. The molecule has 3 rings (SSSR count). The van der Waals surface area contributed by atoms with Crippen LogP contribution in [0.15, 0.2) is 24.3 Å². The SMILES string of the molecule is CC(C)C[C@H]1C(=O)N[C@H](C(=O)O)CCc2ccc(cc2)OCCC[C@@H]1C(=O)NO. The van der Waals surface area contributed by atoms with E-state index in [1.807, 2.05) is 38.1 Å². The van der Waals surface area contributed by atoms with E-state index in [-0.39, 0.29) is 12.3 Å². The van der Waals surface area contributed by atoms with Crippen LogP contribution >= 0.6 is 0 Å². The maximum atomic E-state index is 13.0. The number of hydroxylamine groups is 1. The topological polar surface area (TPSA) is 125 Å². The Morgan fingerprint density at radius 1 is 1.24 bits per heavy atom. The molecule has 8 nitrogen and oxygen atoms in total. The molecular weight excluding hydrogens is 376 g/mol. The largest absolute Gasteiger partial charge is 0.494 e. The van der Waals surface area contributed by atoms with Crippen LogP contribution in [0.1, 0.15) is 45.1 Å². The van der Waals surface area contributed by atoms with Crippen molar-refractivity contribution in [3.05, 3.63) is 29.8 Å². The third-order valence-corrected chi connectivity index (χ3v) is 5.18. The van der Waals surface area contributed by atoms with Crippen LogP contribution in [0.5, 0.6) is 5.75 Å². The second kappa shape index (κ2) is 10.8. The Bertz CT molecular complexity index is 704. The Kier molecular flexibility index (Phi) is 8.45. The van der Waals surface area contributed by atoms with E-state index >= 15 is 0 Å². The average molecular weight is 406 g/mol. The van der Waals surface area contributed by atoms with Crippen molar-refractivity contribution >= 4 is 17.8 Å². The van der Waals surface area contributed by atoms with E-state index in [9.17, 15) is 24.7 Å². The van der Waals surface area contributed by atoms with Crippen molar-refractivity contribution in [2.45, 2.75) is 52.0 Å². The molecule has 0 radical (unpaired) electrons. The number of hydrogen-bond acceptors (Lipinski definition) is 5. The molecule has 2 heterocycles. The minimum absolute atomic E-state index is 0.108. The zero-order chi connectivity index (χ0) is 21.4. The fourth-order valence-corrected chi connectivity index (χ4v) is 3.65. The molecule has 2 aliphatic rings. The Hall–Kier alpha value is -2.61. The first-order valence-electron chi connectivity index (χ1n) is 10.0. The minimum atomic E-state index is -1.12. The second-order valence-electron chi connectivity index (χ2n) is 7.89. The summed E-state index contributed by atoms with van der Waals surface area (Å²) in [6, 6.07) is 6.33. The Morgan fingerprint density at radius 3 is 2.52 bits per heavy atom. The van der Waals surface area contributed by atoms with Crippen molar-refractivity contribution in [2.75, 3.05) is 6.61 Å². The highest BCUT2D eigenvalue weighted by Crippen LogP contribution is 2.26. The van der Waals surface area contributed by atoms with Gasteiger partial charge in [0, 0.05) is 5.92 Å². The van der Waals surface area contributed by atoms with Crippen molar-refractivity contribution in [3.8, 4) is 5.75 Å². The standard InChI is InChI=1S/C21H30N2O6/c1-13(2)12-17-16(20(25)23-28)4-3-11-29-15-8-5-14(6-9-15)7-10-18(21(26)27)22-19(17)24/h5-6,8-9,13,16-18,28H,3-4,7,10-12H2,1-2H3,(H,22,24)(H,23,25)(H,26,27)/t16-,17+,18-/m0/s1. The molecule has 1 aromatic carbocycles. The number of carbonyl (C=O) groups excluding carboxylic acids is 2. The minimum Gasteiger partial charge on any atom is -0.494 e. The summed E-state index contributed by atoms with van der Waals surface area (Å²) < 4.78 is 5.71. The zero-order valence-corrected chi connectivity index (χ0v) is 16.9. The van der Waals surface area contributed by atoms with Gasteiger partial charge in [-0.25, -0.2) is 10.3 Å². The Morgan fingerprint density at radius 2 is 1.93 bits per heavy atom. The first-order valence-corrected chi connectivity index (χ1v) is 10.0. The lowest BCUT2D eigenvalue weighted by atomic mass is 9.81. The molecule has 2 aliphatic heterocycles. The fraction of sp³-hybridized carbons (Fsp3) is 0.571. The summed E-state index contributed by atoms with van der Waals surface area (Å²) in [6.45, 7) is 4.22. The number of carboxylic acid groups (broad SMARTS) is 1. The predicted octanol–water partition coefficient (Wildman–Crippen LogP) is 2.15. The van der Waals surface area contributed by atoms with Crippen LogP contribution in [0, 0.1) is 17.8 Å². The van der Waals surface area contributed by atoms with Gasteiger partial charge in [-0.2, -0.15) is 0 Å². The molecule has 3 atom stereocenters. The van der Waals surface area contributed by atoms with Gasteiger partial charge in [-0.1, -0.05) is 26.0 Å². The number of amides is 2. The number of carbonyl (C=O) groups is 3.